The predicted octanol–water partition coefficient (Wildman–Crippen LogP) is 0.509. The number of anilines is 1. The third kappa shape index (κ3) is 5.92. The molecule has 0 aliphatic carbocycles. The molecule has 148 valence electrons. The monoisotopic (exact) mass is 396 g/mol. The van der Waals surface area contributed by atoms with E-state index in [1.807, 2.05) is 19.0 Å². The average molecular weight is 397 g/mol. The molecule has 9 heteroatoms. The molecule has 1 saturated heterocycles. The van der Waals surface area contributed by atoms with Crippen molar-refractivity contribution in [2.75, 3.05) is 65.6 Å². The fourth-order valence-electron chi connectivity index (χ4n) is 2.65. The smallest absolute Gasteiger partial charge is 0.249 e. The van der Waals surface area contributed by atoms with Crippen LogP contribution in [0.25, 0.3) is 0 Å². The van der Waals surface area contributed by atoms with Crippen molar-refractivity contribution in [1.29, 1.82) is 0 Å². The van der Waals surface area contributed by atoms with Gasteiger partial charge in [-0.1, -0.05) is 11.6 Å². The van der Waals surface area contributed by atoms with E-state index in [0.29, 0.717) is 23.8 Å². The number of hydrogen-bond donors (Lipinski definition) is 0. The van der Waals surface area contributed by atoms with Gasteiger partial charge in [0.1, 0.15) is 19.8 Å². The number of rotatable bonds is 8. The van der Waals surface area contributed by atoms with Gasteiger partial charge in [-0.15, -0.1) is 0 Å². The highest BCUT2D eigenvalue weighted by molar-refractivity contribution is 6.30. The van der Waals surface area contributed by atoms with Gasteiger partial charge in [0.2, 0.25) is 17.7 Å². The van der Waals surface area contributed by atoms with Gasteiger partial charge in [0.25, 0.3) is 0 Å². The summed E-state index contributed by atoms with van der Waals surface area (Å²) in [5.41, 5.74) is 0.680. The van der Waals surface area contributed by atoms with Crippen LogP contribution in [0.15, 0.2) is 24.3 Å². The van der Waals surface area contributed by atoms with Crippen LogP contribution >= 0.6 is 11.6 Å². The molecular weight excluding hydrogens is 372 g/mol. The quantitative estimate of drug-likeness (QED) is 0.640. The van der Waals surface area contributed by atoms with Crippen molar-refractivity contribution < 1.29 is 19.1 Å². The molecule has 0 N–H and O–H groups in total. The van der Waals surface area contributed by atoms with E-state index in [9.17, 15) is 14.4 Å². The summed E-state index contributed by atoms with van der Waals surface area (Å²) in [5, 5.41) is 0.575. The Kier molecular flexibility index (Phi) is 7.58. The van der Waals surface area contributed by atoms with E-state index in [2.05, 4.69) is 0 Å². The Morgan fingerprint density at radius 2 is 1.85 bits per heavy atom. The number of ether oxygens (including phenoxy) is 1. The van der Waals surface area contributed by atoms with Gasteiger partial charge in [-0.3, -0.25) is 19.3 Å². The Balaban J connectivity index is 2.01. The van der Waals surface area contributed by atoms with Crippen LogP contribution in [0.5, 0.6) is 0 Å². The summed E-state index contributed by atoms with van der Waals surface area (Å²) in [5.74, 6) is -0.704. The summed E-state index contributed by atoms with van der Waals surface area (Å²) in [6, 6.07) is 6.86. The van der Waals surface area contributed by atoms with Crippen LogP contribution in [0.4, 0.5) is 5.69 Å². The Morgan fingerprint density at radius 3 is 2.44 bits per heavy atom. The minimum Gasteiger partial charge on any atom is -0.375 e. The van der Waals surface area contributed by atoms with Crippen molar-refractivity contribution in [2.24, 2.45) is 0 Å². The summed E-state index contributed by atoms with van der Waals surface area (Å²) in [7, 11) is 5.22. The number of likely N-dealkylation sites (N-methyl/N-ethyl adjacent to an activating group) is 1. The Hall–Kier alpha value is -2.16. The highest BCUT2D eigenvalue weighted by Crippen LogP contribution is 2.21. The van der Waals surface area contributed by atoms with E-state index in [1.165, 1.54) is 21.8 Å². The molecule has 3 amide bonds. The first-order valence-corrected chi connectivity index (χ1v) is 8.94. The fourth-order valence-corrected chi connectivity index (χ4v) is 2.78. The van der Waals surface area contributed by atoms with Gasteiger partial charge >= 0.3 is 0 Å². The summed E-state index contributed by atoms with van der Waals surface area (Å²) in [6.07, 6.45) is 0. The normalized spacial score (nSPS) is 14.2. The minimum atomic E-state index is -0.275. The van der Waals surface area contributed by atoms with Gasteiger partial charge < -0.3 is 19.4 Å². The second-order valence-electron chi connectivity index (χ2n) is 6.58. The molecule has 27 heavy (non-hydrogen) atoms. The van der Waals surface area contributed by atoms with Gasteiger partial charge in [0.05, 0.1) is 6.54 Å². The first-order valence-electron chi connectivity index (χ1n) is 8.57. The van der Waals surface area contributed by atoms with Crippen LogP contribution in [0.2, 0.25) is 5.02 Å². The zero-order chi connectivity index (χ0) is 20.0. The number of nitrogens with zero attached hydrogens (tertiary/aromatic N) is 4. The largest absolute Gasteiger partial charge is 0.375 e. The topological polar surface area (TPSA) is 73.4 Å². The molecule has 0 spiro atoms. The Bertz CT molecular complexity index is 680. The lowest BCUT2D eigenvalue weighted by Crippen LogP contribution is -2.46. The Labute approximate surface area is 164 Å². The third-order valence-corrected chi connectivity index (χ3v) is 4.45. The summed E-state index contributed by atoms with van der Waals surface area (Å²) in [4.78, 5) is 43.5. The van der Waals surface area contributed by atoms with Crippen molar-refractivity contribution in [3.8, 4) is 0 Å². The van der Waals surface area contributed by atoms with Gasteiger partial charge in [-0.05, 0) is 38.4 Å². The highest BCUT2D eigenvalue weighted by Gasteiger charge is 2.32. The lowest BCUT2D eigenvalue weighted by molar-refractivity contribution is -0.142. The SMILES string of the molecule is COCC(=O)N(CCN(C)C)CC(=O)N1CC(=O)N(c2ccc(Cl)cc2)C1. The molecule has 0 saturated carbocycles. The van der Waals surface area contributed by atoms with Crippen LogP contribution in [0, 0.1) is 0 Å². The second-order valence-corrected chi connectivity index (χ2v) is 7.02. The summed E-state index contributed by atoms with van der Waals surface area (Å²) < 4.78 is 4.90. The number of carbonyl (C=O) groups excluding carboxylic acids is 3. The van der Waals surface area contributed by atoms with Gasteiger partial charge in [0, 0.05) is 30.9 Å². The van der Waals surface area contributed by atoms with Gasteiger partial charge in [-0.25, -0.2) is 0 Å². The molecule has 1 heterocycles. The van der Waals surface area contributed by atoms with Gasteiger partial charge in [-0.2, -0.15) is 0 Å². The van der Waals surface area contributed by atoms with E-state index >= 15 is 0 Å². The predicted molar refractivity (Wildman–Crippen MR) is 103 cm³/mol. The Morgan fingerprint density at radius 1 is 1.19 bits per heavy atom. The summed E-state index contributed by atoms with van der Waals surface area (Å²) in [6.45, 7) is 0.997. The number of methoxy groups -OCH3 is 1. The zero-order valence-electron chi connectivity index (χ0n) is 15.9. The molecule has 0 unspecified atom stereocenters. The van der Waals surface area contributed by atoms with Crippen LogP contribution < -0.4 is 4.90 Å². The first kappa shape index (κ1) is 21.1. The van der Waals surface area contributed by atoms with Crippen LogP contribution in [0.3, 0.4) is 0 Å². The zero-order valence-corrected chi connectivity index (χ0v) is 16.6. The van der Waals surface area contributed by atoms with E-state index < -0.39 is 0 Å². The third-order valence-electron chi connectivity index (χ3n) is 4.19. The minimum absolute atomic E-state index is 0.0125. The number of hydrogen-bond acceptors (Lipinski definition) is 5. The van der Waals surface area contributed by atoms with Crippen LogP contribution in [-0.2, 0) is 19.1 Å². The van der Waals surface area contributed by atoms with Crippen molar-refractivity contribution in [2.45, 2.75) is 0 Å². The molecule has 0 bridgehead atoms. The first-order chi connectivity index (χ1) is 12.8. The maximum absolute atomic E-state index is 12.7. The molecular formula is C18H25ClN4O4. The lowest BCUT2D eigenvalue weighted by Gasteiger charge is -2.26. The number of amides is 3. The van der Waals surface area contributed by atoms with Crippen molar-refractivity contribution in [3.63, 3.8) is 0 Å². The molecule has 8 nitrogen and oxygen atoms in total. The molecule has 0 aromatic heterocycles. The lowest BCUT2D eigenvalue weighted by atomic mass is 10.3. The van der Waals surface area contributed by atoms with Gasteiger partial charge in [0.15, 0.2) is 0 Å². The summed E-state index contributed by atoms with van der Waals surface area (Å²) >= 11 is 5.88. The fraction of sp³-hybridized carbons (Fsp3) is 0.500. The molecule has 0 radical (unpaired) electrons. The molecule has 1 aliphatic rings. The van der Waals surface area contributed by atoms with Crippen molar-refractivity contribution >= 4 is 35.0 Å². The molecule has 1 aromatic carbocycles. The standard InChI is InChI=1S/C18H25ClN4O4/c1-20(2)8-9-21(18(26)12-27-3)10-16(24)22-11-17(25)23(13-22)15-6-4-14(19)5-7-15/h4-7H,8-13H2,1-3H3. The van der Waals surface area contributed by atoms with Crippen molar-refractivity contribution in [1.82, 2.24) is 14.7 Å². The molecule has 1 aliphatic heterocycles. The van der Waals surface area contributed by atoms with Crippen LogP contribution in [0.1, 0.15) is 0 Å². The number of benzene rings is 1. The van der Waals surface area contributed by atoms with Crippen molar-refractivity contribution in [3.05, 3.63) is 29.3 Å². The van der Waals surface area contributed by atoms with E-state index in [-0.39, 0.29) is 44.1 Å². The molecule has 2 rings (SSSR count). The van der Waals surface area contributed by atoms with E-state index in [4.69, 9.17) is 16.3 Å². The van der Waals surface area contributed by atoms with Crippen LogP contribution in [-0.4, -0.2) is 93.1 Å². The number of halogens is 1. The maximum Gasteiger partial charge on any atom is 0.249 e. The molecule has 1 fully saturated rings. The average Bonchev–Trinajstić information content (AvgIpc) is 3.01. The van der Waals surface area contributed by atoms with E-state index in [0.717, 1.165) is 0 Å². The number of carbonyl (C=O) groups is 3. The molecule has 0 atom stereocenters. The highest BCUT2D eigenvalue weighted by atomic mass is 35.5. The molecule has 1 aromatic rings. The maximum atomic E-state index is 12.7. The van der Waals surface area contributed by atoms with E-state index in [1.54, 1.807) is 24.3 Å². The second kappa shape index (κ2) is 9.68.